The van der Waals surface area contributed by atoms with Crippen LogP contribution in [0, 0.1) is 0 Å². The fourth-order valence-corrected chi connectivity index (χ4v) is 3.64. The first-order chi connectivity index (χ1) is 16.0. The molecule has 7 nitrogen and oxygen atoms in total. The van der Waals surface area contributed by atoms with E-state index in [1.54, 1.807) is 0 Å². The number of para-hydroxylation sites is 1. The second kappa shape index (κ2) is 11.0. The van der Waals surface area contributed by atoms with Crippen LogP contribution >= 0.6 is 0 Å². The summed E-state index contributed by atoms with van der Waals surface area (Å²) in [5.41, 5.74) is -0.726. The number of benzene rings is 1. The predicted molar refractivity (Wildman–Crippen MR) is 127 cm³/mol. The molecule has 186 valence electrons. The highest BCUT2D eigenvalue weighted by Gasteiger charge is 2.35. The smallest absolute Gasteiger partial charge is 0.354 e. The minimum absolute atomic E-state index is 0.198. The van der Waals surface area contributed by atoms with Crippen molar-refractivity contribution in [1.82, 2.24) is 20.2 Å². The van der Waals surface area contributed by atoms with Crippen LogP contribution in [0.3, 0.4) is 0 Å². The first-order valence-electron chi connectivity index (χ1n) is 11.6. The van der Waals surface area contributed by atoms with Crippen molar-refractivity contribution in [1.29, 1.82) is 0 Å². The zero-order chi connectivity index (χ0) is 24.8. The van der Waals surface area contributed by atoms with Crippen molar-refractivity contribution in [3.63, 3.8) is 0 Å². The van der Waals surface area contributed by atoms with Gasteiger partial charge in [0.2, 0.25) is 0 Å². The van der Waals surface area contributed by atoms with Crippen LogP contribution in [0.2, 0.25) is 0 Å². The van der Waals surface area contributed by atoms with Gasteiger partial charge in [-0.15, -0.1) is 0 Å². The van der Waals surface area contributed by atoms with Gasteiger partial charge in [0.05, 0.1) is 0 Å². The fourth-order valence-electron chi connectivity index (χ4n) is 3.64. The van der Waals surface area contributed by atoms with Gasteiger partial charge in [-0.2, -0.15) is 13.2 Å². The predicted octanol–water partition coefficient (Wildman–Crippen LogP) is 4.52. The molecule has 1 aliphatic rings. The molecule has 0 saturated carbocycles. The van der Waals surface area contributed by atoms with Crippen molar-refractivity contribution >= 4 is 17.5 Å². The van der Waals surface area contributed by atoms with Gasteiger partial charge < -0.3 is 15.5 Å². The summed E-state index contributed by atoms with van der Waals surface area (Å²) < 4.78 is 40.1. The van der Waals surface area contributed by atoms with E-state index in [0.717, 1.165) is 44.2 Å². The number of rotatable bonds is 7. The summed E-state index contributed by atoms with van der Waals surface area (Å²) in [7, 11) is 0. The average molecular weight is 479 g/mol. The first kappa shape index (κ1) is 25.7. The van der Waals surface area contributed by atoms with Gasteiger partial charge in [-0.3, -0.25) is 4.90 Å². The molecular formula is C24H33F3N6O. The lowest BCUT2D eigenvalue weighted by Crippen LogP contribution is -2.47. The zero-order valence-corrected chi connectivity index (χ0v) is 20.0. The summed E-state index contributed by atoms with van der Waals surface area (Å²) in [5, 5.41) is 5.63. The third-order valence-corrected chi connectivity index (χ3v) is 5.59. The number of anilines is 2. The Labute approximate surface area is 198 Å². The monoisotopic (exact) mass is 478 g/mol. The Morgan fingerprint density at radius 3 is 2.29 bits per heavy atom. The largest absolute Gasteiger partial charge is 0.433 e. The van der Waals surface area contributed by atoms with Crippen LogP contribution in [-0.2, 0) is 11.6 Å². The van der Waals surface area contributed by atoms with E-state index in [1.807, 2.05) is 56.0 Å². The standard InChI is InChI=1S/C24H33F3N6O/c1-23(2,3)21-30-19(24(25,26)27)17-20(31-21)33-15-13-32(14-16-33)12-8-7-11-28-22(34)29-18-9-5-4-6-10-18/h4-6,9-10,17H,7-8,11-16H2,1-3H3,(H2,28,29,34). The van der Waals surface area contributed by atoms with Crippen LogP contribution in [0.4, 0.5) is 29.5 Å². The van der Waals surface area contributed by atoms with Gasteiger partial charge in [0.1, 0.15) is 17.3 Å². The molecule has 2 amide bonds. The van der Waals surface area contributed by atoms with E-state index in [9.17, 15) is 18.0 Å². The molecule has 10 heteroatoms. The number of carbonyl (C=O) groups is 1. The lowest BCUT2D eigenvalue weighted by Gasteiger charge is -2.36. The maximum atomic E-state index is 13.4. The molecule has 0 unspecified atom stereocenters. The second-order valence-corrected chi connectivity index (χ2v) is 9.47. The molecule has 0 bridgehead atoms. The SMILES string of the molecule is CC(C)(C)c1nc(N2CCN(CCCCNC(=O)Nc3ccccc3)CC2)cc(C(F)(F)F)n1. The van der Waals surface area contributed by atoms with Gasteiger partial charge in [-0.05, 0) is 31.5 Å². The summed E-state index contributed by atoms with van der Waals surface area (Å²) in [6, 6.07) is 10.1. The van der Waals surface area contributed by atoms with Gasteiger partial charge in [-0.25, -0.2) is 14.8 Å². The molecule has 0 spiro atoms. The number of halogens is 3. The Morgan fingerprint density at radius 1 is 1.00 bits per heavy atom. The van der Waals surface area contributed by atoms with Gasteiger partial charge in [0.15, 0.2) is 0 Å². The molecule has 0 radical (unpaired) electrons. The number of nitrogens with one attached hydrogen (secondary N) is 2. The van der Waals surface area contributed by atoms with Crippen LogP contribution in [0.5, 0.6) is 0 Å². The summed E-state index contributed by atoms with van der Waals surface area (Å²) >= 11 is 0. The van der Waals surface area contributed by atoms with Crippen molar-refractivity contribution in [2.75, 3.05) is 49.5 Å². The summed E-state index contributed by atoms with van der Waals surface area (Å²) in [6.07, 6.45) is -2.74. The van der Waals surface area contributed by atoms with E-state index in [1.165, 1.54) is 0 Å². The second-order valence-electron chi connectivity index (χ2n) is 9.47. The third-order valence-electron chi connectivity index (χ3n) is 5.59. The maximum absolute atomic E-state index is 13.4. The topological polar surface area (TPSA) is 73.4 Å². The number of nitrogens with zero attached hydrogens (tertiary/aromatic N) is 4. The van der Waals surface area contributed by atoms with E-state index in [0.29, 0.717) is 25.5 Å². The Kier molecular flexibility index (Phi) is 8.35. The van der Waals surface area contributed by atoms with Crippen molar-refractivity contribution in [2.45, 2.75) is 45.2 Å². The number of aromatic nitrogens is 2. The highest BCUT2D eigenvalue weighted by molar-refractivity contribution is 5.89. The van der Waals surface area contributed by atoms with E-state index < -0.39 is 17.3 Å². The third kappa shape index (κ3) is 7.58. The minimum Gasteiger partial charge on any atom is -0.354 e. The highest BCUT2D eigenvalue weighted by atomic mass is 19.4. The minimum atomic E-state index is -4.51. The van der Waals surface area contributed by atoms with Crippen molar-refractivity contribution < 1.29 is 18.0 Å². The molecule has 1 aromatic carbocycles. The number of unbranched alkanes of at least 4 members (excludes halogenated alkanes) is 1. The van der Waals surface area contributed by atoms with Crippen molar-refractivity contribution in [3.05, 3.63) is 47.9 Å². The van der Waals surface area contributed by atoms with Crippen LogP contribution in [0.15, 0.2) is 36.4 Å². The molecule has 2 N–H and O–H groups in total. The van der Waals surface area contributed by atoms with E-state index in [2.05, 4.69) is 25.5 Å². The number of piperazine rings is 1. The van der Waals surface area contributed by atoms with Gasteiger partial charge >= 0.3 is 12.2 Å². The zero-order valence-electron chi connectivity index (χ0n) is 20.0. The molecule has 0 aliphatic carbocycles. The Bertz CT molecular complexity index is 906. The van der Waals surface area contributed by atoms with Crippen LogP contribution < -0.4 is 15.5 Å². The maximum Gasteiger partial charge on any atom is 0.433 e. The van der Waals surface area contributed by atoms with Gasteiger partial charge in [0, 0.05) is 49.9 Å². The molecule has 1 saturated heterocycles. The molecule has 1 aromatic heterocycles. The first-order valence-corrected chi connectivity index (χ1v) is 11.6. The van der Waals surface area contributed by atoms with Crippen LogP contribution in [-0.4, -0.2) is 60.2 Å². The molecule has 0 atom stereocenters. The average Bonchev–Trinajstić information content (AvgIpc) is 2.78. The molecular weight excluding hydrogens is 445 g/mol. The molecule has 34 heavy (non-hydrogen) atoms. The quantitative estimate of drug-likeness (QED) is 0.573. The molecule has 2 heterocycles. The van der Waals surface area contributed by atoms with Crippen molar-refractivity contribution in [2.24, 2.45) is 0 Å². The van der Waals surface area contributed by atoms with Crippen molar-refractivity contribution in [3.8, 4) is 0 Å². The van der Waals surface area contributed by atoms with E-state index in [-0.39, 0.29) is 11.9 Å². The molecule has 2 aromatic rings. The summed E-state index contributed by atoms with van der Waals surface area (Å²) in [6.45, 7) is 9.59. The Balaban J connectivity index is 1.42. The van der Waals surface area contributed by atoms with E-state index in [4.69, 9.17) is 0 Å². The number of amides is 2. The van der Waals surface area contributed by atoms with Crippen LogP contribution in [0.1, 0.15) is 45.1 Å². The fraction of sp³-hybridized carbons (Fsp3) is 0.542. The van der Waals surface area contributed by atoms with Gasteiger partial charge in [-0.1, -0.05) is 39.0 Å². The number of hydrogen-bond donors (Lipinski definition) is 2. The summed E-state index contributed by atoms with van der Waals surface area (Å²) in [5.74, 6) is 0.532. The number of carbonyl (C=O) groups excluding carboxylic acids is 1. The summed E-state index contributed by atoms with van der Waals surface area (Å²) in [4.78, 5) is 24.3. The lowest BCUT2D eigenvalue weighted by molar-refractivity contribution is -0.141. The van der Waals surface area contributed by atoms with Gasteiger partial charge in [0.25, 0.3) is 0 Å². The molecule has 3 rings (SSSR count). The molecule has 1 aliphatic heterocycles. The van der Waals surface area contributed by atoms with E-state index >= 15 is 0 Å². The number of alkyl halides is 3. The molecule has 1 fully saturated rings. The lowest BCUT2D eigenvalue weighted by atomic mass is 9.95. The normalized spacial score (nSPS) is 15.3. The number of urea groups is 1. The highest BCUT2D eigenvalue weighted by Crippen LogP contribution is 2.32. The van der Waals surface area contributed by atoms with Crippen LogP contribution in [0.25, 0.3) is 0 Å². The number of hydrogen-bond acceptors (Lipinski definition) is 5. The Morgan fingerprint density at radius 2 is 1.68 bits per heavy atom. The Hall–Kier alpha value is -2.88.